The van der Waals surface area contributed by atoms with Gasteiger partial charge in [0.05, 0.1) is 11.8 Å². The van der Waals surface area contributed by atoms with Crippen molar-refractivity contribution in [2.75, 3.05) is 13.1 Å². The van der Waals surface area contributed by atoms with Crippen LogP contribution in [-0.2, 0) is 19.5 Å². The zero-order valence-electron chi connectivity index (χ0n) is 13.9. The van der Waals surface area contributed by atoms with E-state index < -0.39 is 0 Å². The fourth-order valence-corrected chi connectivity index (χ4v) is 3.41. The summed E-state index contributed by atoms with van der Waals surface area (Å²) in [6.07, 6.45) is 4.74. The van der Waals surface area contributed by atoms with E-state index in [1.165, 1.54) is 5.56 Å². The van der Waals surface area contributed by atoms with Crippen LogP contribution in [0.3, 0.4) is 0 Å². The van der Waals surface area contributed by atoms with E-state index >= 15 is 0 Å². The molecule has 124 valence electrons. The first-order valence-corrected chi connectivity index (χ1v) is 8.71. The molecule has 2 aromatic rings. The third kappa shape index (κ3) is 4.43. The molecule has 0 saturated carbocycles. The Bertz CT molecular complexity index is 588. The lowest BCUT2D eigenvalue weighted by Gasteiger charge is -2.34. The van der Waals surface area contributed by atoms with Crippen molar-refractivity contribution in [3.8, 4) is 0 Å². The number of piperidine rings is 1. The van der Waals surface area contributed by atoms with Gasteiger partial charge in [0.2, 0.25) is 0 Å². The third-order valence-electron chi connectivity index (χ3n) is 4.87. The molecule has 0 amide bonds. The molecule has 1 atom stereocenters. The number of nitrogens with zero attached hydrogens (tertiary/aromatic N) is 3. The summed E-state index contributed by atoms with van der Waals surface area (Å²) in [6, 6.07) is 12.4. The number of hydrogen-bond donors (Lipinski definition) is 1. The van der Waals surface area contributed by atoms with Crippen LogP contribution in [0.25, 0.3) is 0 Å². The van der Waals surface area contributed by atoms with Crippen molar-refractivity contribution < 1.29 is 5.11 Å². The zero-order chi connectivity index (χ0) is 16.1. The SMILES string of the molecule is CCn1ccc(CN2CCC(C(O)Cc3ccccc3)CC2)n1. The van der Waals surface area contributed by atoms with Crippen LogP contribution in [0.5, 0.6) is 0 Å². The van der Waals surface area contributed by atoms with Crippen LogP contribution in [0, 0.1) is 5.92 Å². The molecule has 1 fully saturated rings. The number of aryl methyl sites for hydroxylation is 1. The molecule has 1 unspecified atom stereocenters. The van der Waals surface area contributed by atoms with Crippen molar-refractivity contribution in [2.24, 2.45) is 5.92 Å². The Labute approximate surface area is 138 Å². The summed E-state index contributed by atoms with van der Waals surface area (Å²) in [5, 5.41) is 15.1. The van der Waals surface area contributed by atoms with E-state index in [1.807, 2.05) is 29.1 Å². The van der Waals surface area contributed by atoms with Gasteiger partial charge in [-0.05, 0) is 56.8 Å². The molecule has 1 aromatic carbocycles. The Balaban J connectivity index is 1.46. The average Bonchev–Trinajstić information content (AvgIpc) is 3.04. The van der Waals surface area contributed by atoms with Gasteiger partial charge in [0.15, 0.2) is 0 Å². The lowest BCUT2D eigenvalue weighted by atomic mass is 9.88. The van der Waals surface area contributed by atoms with Crippen molar-refractivity contribution in [3.63, 3.8) is 0 Å². The fourth-order valence-electron chi connectivity index (χ4n) is 3.41. The quantitative estimate of drug-likeness (QED) is 0.891. The molecule has 23 heavy (non-hydrogen) atoms. The summed E-state index contributed by atoms with van der Waals surface area (Å²) < 4.78 is 1.98. The third-order valence-corrected chi connectivity index (χ3v) is 4.87. The van der Waals surface area contributed by atoms with Crippen LogP contribution in [0.1, 0.15) is 31.0 Å². The summed E-state index contributed by atoms with van der Waals surface area (Å²) in [5.74, 6) is 0.416. The molecule has 1 aromatic heterocycles. The van der Waals surface area contributed by atoms with Crippen molar-refractivity contribution in [1.29, 1.82) is 0 Å². The first kappa shape index (κ1) is 16.2. The van der Waals surface area contributed by atoms with Gasteiger partial charge in [-0.2, -0.15) is 5.10 Å². The molecule has 0 aliphatic carbocycles. The van der Waals surface area contributed by atoms with Gasteiger partial charge >= 0.3 is 0 Å². The maximum absolute atomic E-state index is 10.5. The predicted octanol–water partition coefficient (Wildman–Crippen LogP) is 2.72. The smallest absolute Gasteiger partial charge is 0.0764 e. The predicted molar refractivity (Wildman–Crippen MR) is 92.1 cm³/mol. The molecule has 0 spiro atoms. The van der Waals surface area contributed by atoms with E-state index in [0.717, 1.165) is 51.1 Å². The van der Waals surface area contributed by atoms with E-state index in [0.29, 0.717) is 5.92 Å². The number of rotatable bonds is 6. The summed E-state index contributed by atoms with van der Waals surface area (Å²) in [7, 11) is 0. The number of likely N-dealkylation sites (tertiary alicyclic amines) is 1. The minimum atomic E-state index is -0.223. The average molecular weight is 313 g/mol. The molecule has 1 aliphatic rings. The van der Waals surface area contributed by atoms with Crippen LogP contribution < -0.4 is 0 Å². The van der Waals surface area contributed by atoms with Gasteiger partial charge in [0.25, 0.3) is 0 Å². The molecule has 3 rings (SSSR count). The van der Waals surface area contributed by atoms with Gasteiger partial charge in [-0.25, -0.2) is 0 Å². The van der Waals surface area contributed by atoms with Crippen LogP contribution >= 0.6 is 0 Å². The van der Waals surface area contributed by atoms with Crippen LogP contribution in [-0.4, -0.2) is 39.0 Å². The minimum Gasteiger partial charge on any atom is -0.392 e. The van der Waals surface area contributed by atoms with E-state index in [4.69, 9.17) is 0 Å². The van der Waals surface area contributed by atoms with E-state index in [2.05, 4.69) is 35.1 Å². The summed E-state index contributed by atoms with van der Waals surface area (Å²) in [6.45, 7) is 6.06. The zero-order valence-corrected chi connectivity index (χ0v) is 13.9. The molecular formula is C19H27N3O. The van der Waals surface area contributed by atoms with Gasteiger partial charge in [-0.1, -0.05) is 30.3 Å². The van der Waals surface area contributed by atoms with Crippen molar-refractivity contribution in [3.05, 3.63) is 53.9 Å². The Hall–Kier alpha value is -1.65. The number of aromatic nitrogens is 2. The van der Waals surface area contributed by atoms with Gasteiger partial charge < -0.3 is 5.11 Å². The fraction of sp³-hybridized carbons (Fsp3) is 0.526. The number of aliphatic hydroxyl groups is 1. The largest absolute Gasteiger partial charge is 0.392 e. The number of hydrogen-bond acceptors (Lipinski definition) is 3. The maximum atomic E-state index is 10.5. The molecule has 2 heterocycles. The second kappa shape index (κ2) is 7.75. The molecule has 0 bridgehead atoms. The second-order valence-corrected chi connectivity index (χ2v) is 6.53. The lowest BCUT2D eigenvalue weighted by molar-refractivity contribution is 0.0572. The molecule has 1 saturated heterocycles. The molecule has 1 N–H and O–H groups in total. The highest BCUT2D eigenvalue weighted by Crippen LogP contribution is 2.24. The van der Waals surface area contributed by atoms with E-state index in [-0.39, 0.29) is 6.10 Å². The van der Waals surface area contributed by atoms with Crippen LogP contribution in [0.4, 0.5) is 0 Å². The molecule has 4 nitrogen and oxygen atoms in total. The highest BCUT2D eigenvalue weighted by atomic mass is 16.3. The molecule has 0 radical (unpaired) electrons. The van der Waals surface area contributed by atoms with Gasteiger partial charge in [0, 0.05) is 19.3 Å². The van der Waals surface area contributed by atoms with Crippen molar-refractivity contribution in [1.82, 2.24) is 14.7 Å². The Kier molecular flexibility index (Phi) is 5.47. The molecule has 1 aliphatic heterocycles. The lowest BCUT2D eigenvalue weighted by Crippen LogP contribution is -2.38. The summed E-state index contributed by atoms with van der Waals surface area (Å²) >= 11 is 0. The van der Waals surface area contributed by atoms with Crippen molar-refractivity contribution >= 4 is 0 Å². The number of aliphatic hydroxyl groups excluding tert-OH is 1. The standard InChI is InChI=1S/C19H27N3O/c1-2-22-13-10-18(20-22)15-21-11-8-17(9-12-21)19(23)14-16-6-4-3-5-7-16/h3-7,10,13,17,19,23H,2,8-9,11-12,14-15H2,1H3. The Morgan fingerprint density at radius 3 is 2.57 bits per heavy atom. The first-order chi connectivity index (χ1) is 11.2. The minimum absolute atomic E-state index is 0.223. The van der Waals surface area contributed by atoms with Crippen LogP contribution in [0.2, 0.25) is 0 Å². The molecular weight excluding hydrogens is 286 g/mol. The van der Waals surface area contributed by atoms with Gasteiger partial charge in [-0.3, -0.25) is 9.58 Å². The highest BCUT2D eigenvalue weighted by Gasteiger charge is 2.25. The van der Waals surface area contributed by atoms with Crippen molar-refractivity contribution in [2.45, 2.75) is 45.4 Å². The number of benzene rings is 1. The first-order valence-electron chi connectivity index (χ1n) is 8.71. The van der Waals surface area contributed by atoms with Gasteiger partial charge in [-0.15, -0.1) is 0 Å². The Morgan fingerprint density at radius 2 is 1.91 bits per heavy atom. The summed E-state index contributed by atoms with van der Waals surface area (Å²) in [5.41, 5.74) is 2.38. The van der Waals surface area contributed by atoms with E-state index in [9.17, 15) is 5.11 Å². The van der Waals surface area contributed by atoms with Gasteiger partial charge in [0.1, 0.15) is 0 Å². The maximum Gasteiger partial charge on any atom is 0.0764 e. The van der Waals surface area contributed by atoms with Crippen LogP contribution in [0.15, 0.2) is 42.6 Å². The Morgan fingerprint density at radius 1 is 1.17 bits per heavy atom. The monoisotopic (exact) mass is 313 g/mol. The highest BCUT2D eigenvalue weighted by molar-refractivity contribution is 5.15. The second-order valence-electron chi connectivity index (χ2n) is 6.53. The van der Waals surface area contributed by atoms with E-state index in [1.54, 1.807) is 0 Å². The molecule has 4 heteroatoms. The topological polar surface area (TPSA) is 41.3 Å². The normalized spacial score (nSPS) is 18.2. The summed E-state index contributed by atoms with van der Waals surface area (Å²) in [4.78, 5) is 2.45.